The molecule has 0 amide bonds. The third-order valence-corrected chi connectivity index (χ3v) is 5.16. The minimum atomic E-state index is 0.0402. The lowest BCUT2D eigenvalue weighted by Crippen LogP contribution is -2.69. The van der Waals surface area contributed by atoms with Crippen molar-refractivity contribution in [2.45, 2.75) is 45.4 Å². The van der Waals surface area contributed by atoms with E-state index in [1.165, 1.54) is 12.8 Å². The summed E-state index contributed by atoms with van der Waals surface area (Å²) in [5.41, 5.74) is 1.33. The number of rotatable bonds is 6. The zero-order chi connectivity index (χ0) is 15.6. The molecule has 0 aromatic heterocycles. The van der Waals surface area contributed by atoms with Gasteiger partial charge >= 0.3 is 0 Å². The third-order valence-electron chi connectivity index (χ3n) is 5.16. The lowest BCUT2D eigenvalue weighted by Gasteiger charge is -2.60. The Morgan fingerprint density at radius 2 is 2.18 bits per heavy atom. The van der Waals surface area contributed by atoms with Crippen molar-refractivity contribution in [2.24, 2.45) is 11.3 Å². The van der Waals surface area contributed by atoms with Crippen LogP contribution in [0.3, 0.4) is 0 Å². The Balaban J connectivity index is 1.63. The minimum absolute atomic E-state index is 0.0402. The van der Waals surface area contributed by atoms with Crippen LogP contribution in [-0.2, 0) is 11.3 Å². The van der Waals surface area contributed by atoms with E-state index in [1.54, 1.807) is 0 Å². The molecule has 1 aliphatic heterocycles. The van der Waals surface area contributed by atoms with Gasteiger partial charge in [-0.05, 0) is 18.9 Å². The quantitative estimate of drug-likeness (QED) is 0.847. The van der Waals surface area contributed by atoms with Gasteiger partial charge < -0.3 is 19.9 Å². The molecule has 1 heterocycles. The maximum atomic E-state index is 8.93. The summed E-state index contributed by atoms with van der Waals surface area (Å²) in [6, 6.07) is 8.53. The summed E-state index contributed by atoms with van der Waals surface area (Å²) in [7, 11) is 0. The Labute approximate surface area is 132 Å². The minimum Gasteiger partial charge on any atom is -0.491 e. The second-order valence-electron chi connectivity index (χ2n) is 6.96. The predicted molar refractivity (Wildman–Crippen MR) is 85.9 cm³/mol. The van der Waals surface area contributed by atoms with E-state index in [1.807, 2.05) is 18.2 Å². The molecule has 122 valence electrons. The van der Waals surface area contributed by atoms with Gasteiger partial charge in [0.25, 0.3) is 0 Å². The molecule has 0 unspecified atom stereocenters. The maximum Gasteiger partial charge on any atom is 0.123 e. The van der Waals surface area contributed by atoms with E-state index < -0.39 is 0 Å². The molecule has 2 N–H and O–H groups in total. The molecule has 1 saturated carbocycles. The smallest absolute Gasteiger partial charge is 0.123 e. The van der Waals surface area contributed by atoms with E-state index in [0.717, 1.165) is 24.5 Å². The van der Waals surface area contributed by atoms with E-state index in [2.05, 4.69) is 25.2 Å². The lowest BCUT2D eigenvalue weighted by atomic mass is 9.55. The van der Waals surface area contributed by atoms with Crippen LogP contribution in [0.5, 0.6) is 5.75 Å². The fourth-order valence-corrected chi connectivity index (χ4v) is 4.10. The van der Waals surface area contributed by atoms with E-state index in [4.69, 9.17) is 14.6 Å². The number of para-hydroxylation sites is 1. The van der Waals surface area contributed by atoms with Crippen LogP contribution < -0.4 is 10.1 Å². The molecule has 3 atom stereocenters. The number of hydrogen-bond donors (Lipinski definition) is 2. The van der Waals surface area contributed by atoms with E-state index >= 15 is 0 Å². The Morgan fingerprint density at radius 1 is 1.36 bits per heavy atom. The summed E-state index contributed by atoms with van der Waals surface area (Å²) in [5.74, 6) is 1.49. The van der Waals surface area contributed by atoms with E-state index in [9.17, 15) is 0 Å². The highest BCUT2D eigenvalue weighted by Crippen LogP contribution is 2.51. The molecular formula is C18H27NO3. The lowest BCUT2D eigenvalue weighted by molar-refractivity contribution is -0.193. The largest absolute Gasteiger partial charge is 0.491 e. The van der Waals surface area contributed by atoms with Crippen LogP contribution in [0.4, 0.5) is 0 Å². The normalized spacial score (nSPS) is 29.5. The monoisotopic (exact) mass is 305 g/mol. The first-order valence-electron chi connectivity index (χ1n) is 8.31. The van der Waals surface area contributed by atoms with Crippen LogP contribution in [0.15, 0.2) is 24.3 Å². The molecule has 2 aliphatic rings. The summed E-state index contributed by atoms with van der Waals surface area (Å²) < 4.78 is 11.6. The Hall–Kier alpha value is -1.10. The molecule has 0 spiro atoms. The van der Waals surface area contributed by atoms with Crippen molar-refractivity contribution in [2.75, 3.05) is 19.8 Å². The van der Waals surface area contributed by atoms with Gasteiger partial charge in [0.05, 0.1) is 12.7 Å². The van der Waals surface area contributed by atoms with Crippen LogP contribution in [0.1, 0.15) is 32.3 Å². The molecule has 1 aliphatic carbocycles. The molecule has 22 heavy (non-hydrogen) atoms. The van der Waals surface area contributed by atoms with Gasteiger partial charge in [-0.2, -0.15) is 0 Å². The summed E-state index contributed by atoms with van der Waals surface area (Å²) in [6.45, 7) is 6.67. The zero-order valence-corrected chi connectivity index (χ0v) is 13.5. The third kappa shape index (κ3) is 2.87. The fourth-order valence-electron chi connectivity index (χ4n) is 4.10. The van der Waals surface area contributed by atoms with Crippen LogP contribution in [0, 0.1) is 11.3 Å². The van der Waals surface area contributed by atoms with Crippen molar-refractivity contribution in [3.8, 4) is 5.75 Å². The van der Waals surface area contributed by atoms with Crippen molar-refractivity contribution >= 4 is 0 Å². The first-order chi connectivity index (χ1) is 10.6. The number of benzene rings is 1. The number of aliphatic hydroxyl groups is 1. The maximum absolute atomic E-state index is 8.93. The molecule has 1 aromatic rings. The Kier molecular flexibility index (Phi) is 4.71. The molecule has 0 radical (unpaired) electrons. The molecule has 2 fully saturated rings. The zero-order valence-electron chi connectivity index (χ0n) is 13.5. The fraction of sp³-hybridized carbons (Fsp3) is 0.667. The number of nitrogens with one attached hydrogen (secondary N) is 1. The average molecular weight is 305 g/mol. The number of ether oxygens (including phenoxy) is 2. The highest BCUT2D eigenvalue weighted by Gasteiger charge is 2.57. The molecular weight excluding hydrogens is 278 g/mol. The van der Waals surface area contributed by atoms with Crippen LogP contribution in [0.25, 0.3) is 0 Å². The van der Waals surface area contributed by atoms with Gasteiger partial charge in [0.2, 0.25) is 0 Å². The topological polar surface area (TPSA) is 50.7 Å². The number of fused-ring (bicyclic) bond motifs is 1. The molecule has 0 bridgehead atoms. The van der Waals surface area contributed by atoms with Crippen molar-refractivity contribution < 1.29 is 14.6 Å². The summed E-state index contributed by atoms with van der Waals surface area (Å²) in [6.07, 6.45) is 2.83. The van der Waals surface area contributed by atoms with Crippen LogP contribution in [0.2, 0.25) is 0 Å². The van der Waals surface area contributed by atoms with Crippen molar-refractivity contribution in [1.82, 2.24) is 5.32 Å². The molecule has 4 nitrogen and oxygen atoms in total. The standard InChI is InChI=1S/C18H27NO3/c1-18(2)16(14-7-5-10-22-17(14)18)19-12-13-6-3-4-8-15(13)21-11-9-20/h3-4,6,8,14,16-17,19-20H,5,7,9-12H2,1-2H3/t14-,16+,17-/m0/s1. The van der Waals surface area contributed by atoms with Gasteiger partial charge in [-0.3, -0.25) is 0 Å². The molecule has 4 heteroatoms. The van der Waals surface area contributed by atoms with Gasteiger partial charge in [0.15, 0.2) is 0 Å². The van der Waals surface area contributed by atoms with E-state index in [0.29, 0.717) is 24.7 Å². The Morgan fingerprint density at radius 3 is 3.00 bits per heavy atom. The van der Waals surface area contributed by atoms with Gasteiger partial charge in [-0.1, -0.05) is 32.0 Å². The second-order valence-corrected chi connectivity index (χ2v) is 6.96. The number of hydrogen-bond acceptors (Lipinski definition) is 4. The van der Waals surface area contributed by atoms with Gasteiger partial charge in [0.1, 0.15) is 12.4 Å². The van der Waals surface area contributed by atoms with Crippen LogP contribution in [-0.4, -0.2) is 37.1 Å². The first-order valence-corrected chi connectivity index (χ1v) is 8.31. The number of aliphatic hydroxyl groups excluding tert-OH is 1. The Bertz CT molecular complexity index is 503. The summed E-state index contributed by atoms with van der Waals surface area (Å²) in [4.78, 5) is 0. The SMILES string of the molecule is CC1(C)[C@H](NCc2ccccc2OCCO)[C@@H]2CCCO[C@@H]21. The van der Waals surface area contributed by atoms with Crippen LogP contribution >= 0.6 is 0 Å². The second kappa shape index (κ2) is 6.57. The summed E-state index contributed by atoms with van der Waals surface area (Å²) >= 11 is 0. The van der Waals surface area contributed by atoms with Gasteiger partial charge in [-0.15, -0.1) is 0 Å². The molecule has 1 saturated heterocycles. The summed E-state index contributed by atoms with van der Waals surface area (Å²) in [5, 5.41) is 12.6. The van der Waals surface area contributed by atoms with Crippen molar-refractivity contribution in [1.29, 1.82) is 0 Å². The van der Waals surface area contributed by atoms with Crippen molar-refractivity contribution in [3.05, 3.63) is 29.8 Å². The average Bonchev–Trinajstić information content (AvgIpc) is 2.54. The van der Waals surface area contributed by atoms with E-state index in [-0.39, 0.29) is 12.0 Å². The van der Waals surface area contributed by atoms with Gasteiger partial charge in [0, 0.05) is 36.1 Å². The van der Waals surface area contributed by atoms with Crippen molar-refractivity contribution in [3.63, 3.8) is 0 Å². The molecule has 3 rings (SSSR count). The first kappa shape index (κ1) is 15.8. The molecule has 1 aromatic carbocycles. The predicted octanol–water partition coefficient (Wildman–Crippen LogP) is 2.35. The highest BCUT2D eigenvalue weighted by atomic mass is 16.5. The highest BCUT2D eigenvalue weighted by molar-refractivity contribution is 5.33. The van der Waals surface area contributed by atoms with Gasteiger partial charge in [-0.25, -0.2) is 0 Å².